The number of rotatable bonds is 2. The SMILES string of the molecule is Cc1ccc2cccc(C(=O)N3CCCC[C@@H]3CO)c2n1. The summed E-state index contributed by atoms with van der Waals surface area (Å²) in [5.74, 6) is -0.0162. The number of carbonyl (C=O) groups is 1. The predicted octanol–water partition coefficient (Wildman–Crippen LogP) is 2.53. The molecule has 1 aromatic heterocycles. The first-order valence-electron chi connectivity index (χ1n) is 7.49. The Morgan fingerprint density at radius 2 is 2.19 bits per heavy atom. The van der Waals surface area contributed by atoms with Gasteiger partial charge in [-0.2, -0.15) is 0 Å². The third-order valence-electron chi connectivity index (χ3n) is 4.19. The van der Waals surface area contributed by atoms with Crippen molar-refractivity contribution in [3.63, 3.8) is 0 Å². The Labute approximate surface area is 124 Å². The van der Waals surface area contributed by atoms with Crippen LogP contribution >= 0.6 is 0 Å². The van der Waals surface area contributed by atoms with Gasteiger partial charge in [0, 0.05) is 17.6 Å². The lowest BCUT2D eigenvalue weighted by atomic mass is 10.0. The van der Waals surface area contributed by atoms with E-state index in [1.807, 2.05) is 42.2 Å². The lowest BCUT2D eigenvalue weighted by molar-refractivity contribution is 0.0505. The van der Waals surface area contributed by atoms with E-state index < -0.39 is 0 Å². The van der Waals surface area contributed by atoms with Gasteiger partial charge in [-0.3, -0.25) is 9.78 Å². The molecule has 2 heterocycles. The van der Waals surface area contributed by atoms with Crippen molar-refractivity contribution in [2.75, 3.05) is 13.2 Å². The van der Waals surface area contributed by atoms with Crippen molar-refractivity contribution in [3.8, 4) is 0 Å². The average molecular weight is 284 g/mol. The number of carbonyl (C=O) groups excluding carboxylic acids is 1. The Balaban J connectivity index is 2.03. The summed E-state index contributed by atoms with van der Waals surface area (Å²) in [6.45, 7) is 2.67. The number of para-hydroxylation sites is 1. The number of hydrogen-bond donors (Lipinski definition) is 1. The molecule has 1 aliphatic rings. The molecule has 1 fully saturated rings. The summed E-state index contributed by atoms with van der Waals surface area (Å²) in [5.41, 5.74) is 2.29. The van der Waals surface area contributed by atoms with Gasteiger partial charge in [-0.15, -0.1) is 0 Å². The van der Waals surface area contributed by atoms with Crippen molar-refractivity contribution in [2.24, 2.45) is 0 Å². The number of aryl methyl sites for hydroxylation is 1. The fraction of sp³-hybridized carbons (Fsp3) is 0.412. The number of aromatic nitrogens is 1. The van der Waals surface area contributed by atoms with Gasteiger partial charge in [-0.05, 0) is 38.3 Å². The first-order valence-corrected chi connectivity index (χ1v) is 7.49. The monoisotopic (exact) mass is 284 g/mol. The molecule has 1 N–H and O–H groups in total. The van der Waals surface area contributed by atoms with Gasteiger partial charge in [0.05, 0.1) is 23.7 Å². The van der Waals surface area contributed by atoms with Crippen LogP contribution < -0.4 is 0 Å². The van der Waals surface area contributed by atoms with Gasteiger partial charge in [0.2, 0.25) is 0 Å². The zero-order chi connectivity index (χ0) is 14.8. The van der Waals surface area contributed by atoms with E-state index in [0.29, 0.717) is 12.1 Å². The van der Waals surface area contributed by atoms with Crippen LogP contribution in [0.2, 0.25) is 0 Å². The Morgan fingerprint density at radius 1 is 1.33 bits per heavy atom. The molecule has 110 valence electrons. The lowest BCUT2D eigenvalue weighted by Gasteiger charge is -2.34. The van der Waals surface area contributed by atoms with Gasteiger partial charge in [0.15, 0.2) is 0 Å². The fourth-order valence-electron chi connectivity index (χ4n) is 3.03. The van der Waals surface area contributed by atoms with Crippen molar-refractivity contribution in [2.45, 2.75) is 32.2 Å². The molecule has 0 aliphatic carbocycles. The molecule has 0 radical (unpaired) electrons. The highest BCUT2D eigenvalue weighted by Crippen LogP contribution is 2.23. The Kier molecular flexibility index (Phi) is 3.88. The summed E-state index contributed by atoms with van der Waals surface area (Å²) in [6, 6.07) is 9.58. The molecule has 0 saturated carbocycles. The standard InChI is InChI=1S/C17H20N2O2/c1-12-8-9-13-5-4-7-15(16(13)18-12)17(21)19-10-3-2-6-14(19)11-20/h4-5,7-9,14,20H,2-3,6,10-11H2,1H3/t14-/m1/s1. The highest BCUT2D eigenvalue weighted by Gasteiger charge is 2.28. The van der Waals surface area contributed by atoms with Crippen molar-refractivity contribution < 1.29 is 9.90 Å². The predicted molar refractivity (Wildman–Crippen MR) is 82.2 cm³/mol. The number of nitrogens with zero attached hydrogens (tertiary/aromatic N) is 2. The van der Waals surface area contributed by atoms with E-state index in [1.54, 1.807) is 0 Å². The van der Waals surface area contributed by atoms with Gasteiger partial charge < -0.3 is 10.0 Å². The maximum atomic E-state index is 12.9. The molecule has 3 rings (SSSR count). The largest absolute Gasteiger partial charge is 0.394 e. The van der Waals surface area contributed by atoms with Crippen molar-refractivity contribution in [3.05, 3.63) is 41.6 Å². The molecule has 4 heteroatoms. The van der Waals surface area contributed by atoms with E-state index in [2.05, 4.69) is 4.98 Å². The first-order chi connectivity index (χ1) is 10.2. The number of amides is 1. The maximum absolute atomic E-state index is 12.9. The van der Waals surface area contributed by atoms with Gasteiger partial charge in [0.1, 0.15) is 0 Å². The smallest absolute Gasteiger partial charge is 0.256 e. The summed E-state index contributed by atoms with van der Waals surface area (Å²) >= 11 is 0. The topological polar surface area (TPSA) is 53.4 Å². The highest BCUT2D eigenvalue weighted by atomic mass is 16.3. The zero-order valence-corrected chi connectivity index (χ0v) is 12.2. The van der Waals surface area contributed by atoms with Crippen LogP contribution in [0.4, 0.5) is 0 Å². The Bertz CT molecular complexity index is 669. The van der Waals surface area contributed by atoms with Crippen molar-refractivity contribution in [1.82, 2.24) is 9.88 Å². The molecule has 1 atom stereocenters. The summed E-state index contributed by atoms with van der Waals surface area (Å²) < 4.78 is 0. The third-order valence-corrected chi connectivity index (χ3v) is 4.19. The van der Waals surface area contributed by atoms with Crippen LogP contribution in [0.5, 0.6) is 0 Å². The molecule has 1 aromatic carbocycles. The minimum Gasteiger partial charge on any atom is -0.394 e. The van der Waals surface area contributed by atoms with Crippen LogP contribution in [0.25, 0.3) is 10.9 Å². The lowest BCUT2D eigenvalue weighted by Crippen LogP contribution is -2.45. The molecule has 2 aromatic rings. The van der Waals surface area contributed by atoms with E-state index in [1.165, 1.54) is 0 Å². The van der Waals surface area contributed by atoms with Gasteiger partial charge in [-0.25, -0.2) is 0 Å². The van der Waals surface area contributed by atoms with Gasteiger partial charge in [-0.1, -0.05) is 18.2 Å². The second kappa shape index (κ2) is 5.82. The number of piperidine rings is 1. The summed E-state index contributed by atoms with van der Waals surface area (Å²) in [5, 5.41) is 10.5. The minimum absolute atomic E-state index is 0.0162. The molecule has 0 unspecified atom stereocenters. The number of pyridine rings is 1. The second-order valence-corrected chi connectivity index (χ2v) is 5.66. The van der Waals surface area contributed by atoms with Crippen molar-refractivity contribution in [1.29, 1.82) is 0 Å². The zero-order valence-electron chi connectivity index (χ0n) is 12.2. The molecule has 1 saturated heterocycles. The summed E-state index contributed by atoms with van der Waals surface area (Å²) in [7, 11) is 0. The van der Waals surface area contributed by atoms with Crippen LogP contribution in [-0.4, -0.2) is 40.1 Å². The molecule has 1 amide bonds. The third kappa shape index (κ3) is 2.63. The summed E-state index contributed by atoms with van der Waals surface area (Å²) in [6.07, 6.45) is 2.95. The minimum atomic E-state index is -0.0636. The summed E-state index contributed by atoms with van der Waals surface area (Å²) in [4.78, 5) is 19.2. The van der Waals surface area contributed by atoms with E-state index >= 15 is 0 Å². The second-order valence-electron chi connectivity index (χ2n) is 5.66. The van der Waals surface area contributed by atoms with Crippen LogP contribution in [0, 0.1) is 6.92 Å². The van der Waals surface area contributed by atoms with E-state index in [9.17, 15) is 9.90 Å². The number of benzene rings is 1. The molecule has 21 heavy (non-hydrogen) atoms. The van der Waals surface area contributed by atoms with Crippen molar-refractivity contribution >= 4 is 16.8 Å². The van der Waals surface area contributed by atoms with E-state index in [4.69, 9.17) is 0 Å². The van der Waals surface area contributed by atoms with E-state index in [-0.39, 0.29) is 18.6 Å². The number of aliphatic hydroxyl groups is 1. The normalized spacial score (nSPS) is 19.0. The van der Waals surface area contributed by atoms with Crippen LogP contribution in [0.15, 0.2) is 30.3 Å². The molecule has 1 aliphatic heterocycles. The first kappa shape index (κ1) is 14.0. The Morgan fingerprint density at radius 3 is 3.00 bits per heavy atom. The van der Waals surface area contributed by atoms with Crippen LogP contribution in [0.3, 0.4) is 0 Å². The quantitative estimate of drug-likeness (QED) is 0.922. The van der Waals surface area contributed by atoms with Gasteiger partial charge >= 0.3 is 0 Å². The van der Waals surface area contributed by atoms with Crippen LogP contribution in [-0.2, 0) is 0 Å². The number of hydrogen-bond acceptors (Lipinski definition) is 3. The molecule has 0 bridgehead atoms. The molecule has 4 nitrogen and oxygen atoms in total. The maximum Gasteiger partial charge on any atom is 0.256 e. The van der Waals surface area contributed by atoms with E-state index in [0.717, 1.165) is 35.9 Å². The van der Waals surface area contributed by atoms with Gasteiger partial charge in [0.25, 0.3) is 5.91 Å². The number of aliphatic hydroxyl groups excluding tert-OH is 1. The Hall–Kier alpha value is -1.94. The molecular weight excluding hydrogens is 264 g/mol. The van der Waals surface area contributed by atoms with Crippen LogP contribution in [0.1, 0.15) is 35.3 Å². The fourth-order valence-corrected chi connectivity index (χ4v) is 3.03. The molecular formula is C17H20N2O2. The average Bonchev–Trinajstić information content (AvgIpc) is 2.53. The number of likely N-dealkylation sites (tertiary alicyclic amines) is 1. The highest BCUT2D eigenvalue weighted by molar-refractivity contribution is 6.05. The molecule has 0 spiro atoms. The number of fused-ring (bicyclic) bond motifs is 1.